The first-order valence-electron chi connectivity index (χ1n) is 6.99. The minimum atomic E-state index is -0.296. The van der Waals surface area contributed by atoms with Gasteiger partial charge in [0, 0.05) is 24.7 Å². The average molecular weight is 325 g/mol. The molecule has 0 atom stereocenters. The van der Waals surface area contributed by atoms with Crippen molar-refractivity contribution in [1.29, 1.82) is 0 Å². The van der Waals surface area contributed by atoms with E-state index in [9.17, 15) is 9.18 Å². The van der Waals surface area contributed by atoms with Crippen molar-refractivity contribution in [3.8, 4) is 11.3 Å². The van der Waals surface area contributed by atoms with Gasteiger partial charge in [0.1, 0.15) is 11.5 Å². The smallest absolute Gasteiger partial charge is 0.271 e. The zero-order valence-corrected chi connectivity index (χ0v) is 12.8. The van der Waals surface area contributed by atoms with Crippen LogP contribution in [0.25, 0.3) is 11.3 Å². The lowest BCUT2D eigenvalue weighted by Crippen LogP contribution is -2.42. The van der Waals surface area contributed by atoms with Crippen molar-refractivity contribution in [3.63, 3.8) is 0 Å². The fourth-order valence-corrected chi connectivity index (χ4v) is 2.47. The van der Waals surface area contributed by atoms with Crippen LogP contribution in [0.15, 0.2) is 30.3 Å². The number of piperidine rings is 1. The third-order valence-corrected chi connectivity index (χ3v) is 3.78. The van der Waals surface area contributed by atoms with Crippen LogP contribution in [-0.2, 0) is 0 Å². The van der Waals surface area contributed by atoms with Gasteiger partial charge >= 0.3 is 0 Å². The molecule has 5 nitrogen and oxygen atoms in total. The third-order valence-electron chi connectivity index (χ3n) is 3.78. The number of amides is 1. The van der Waals surface area contributed by atoms with E-state index in [1.54, 1.807) is 23.1 Å². The molecular weight excluding hydrogens is 307 g/mol. The third kappa shape index (κ3) is 3.45. The van der Waals surface area contributed by atoms with E-state index in [4.69, 9.17) is 5.73 Å². The zero-order chi connectivity index (χ0) is 14.8. The molecule has 0 radical (unpaired) electrons. The maximum atomic E-state index is 12.9. The molecule has 1 saturated heterocycles. The molecule has 0 unspecified atom stereocenters. The number of carbonyl (C=O) groups is 1. The summed E-state index contributed by atoms with van der Waals surface area (Å²) in [6.45, 7) is 1.34. The molecule has 22 heavy (non-hydrogen) atoms. The normalized spacial score (nSPS) is 15.5. The van der Waals surface area contributed by atoms with Crippen molar-refractivity contribution in [2.24, 2.45) is 5.73 Å². The Hall–Kier alpha value is -1.92. The highest BCUT2D eigenvalue weighted by Gasteiger charge is 2.23. The number of hydrogen-bond acceptors (Lipinski definition) is 3. The Morgan fingerprint density at radius 3 is 2.55 bits per heavy atom. The number of hydrogen-bond donors (Lipinski definition) is 2. The number of rotatable bonds is 2. The van der Waals surface area contributed by atoms with Crippen LogP contribution in [0, 0.1) is 5.82 Å². The Morgan fingerprint density at radius 2 is 1.91 bits per heavy atom. The number of carbonyl (C=O) groups excluding carboxylic acids is 1. The number of aromatic amines is 1. The van der Waals surface area contributed by atoms with Crippen LogP contribution >= 0.6 is 12.4 Å². The number of nitrogens with one attached hydrogen (secondary N) is 1. The Labute approximate surface area is 134 Å². The number of aromatic nitrogens is 2. The van der Waals surface area contributed by atoms with Crippen molar-refractivity contribution < 1.29 is 9.18 Å². The summed E-state index contributed by atoms with van der Waals surface area (Å²) in [5, 5.41) is 6.89. The van der Waals surface area contributed by atoms with Gasteiger partial charge in [-0.05, 0) is 43.2 Å². The van der Waals surface area contributed by atoms with Crippen molar-refractivity contribution >= 4 is 18.3 Å². The van der Waals surface area contributed by atoms with Crippen LogP contribution in [0.2, 0.25) is 0 Å². The molecule has 2 aromatic rings. The van der Waals surface area contributed by atoms with Crippen LogP contribution in [0.5, 0.6) is 0 Å². The van der Waals surface area contributed by atoms with E-state index in [0.29, 0.717) is 24.5 Å². The van der Waals surface area contributed by atoms with Crippen LogP contribution in [-0.4, -0.2) is 40.1 Å². The summed E-state index contributed by atoms with van der Waals surface area (Å²) in [5.74, 6) is -0.363. The van der Waals surface area contributed by atoms with Crippen LogP contribution in [0.4, 0.5) is 4.39 Å². The van der Waals surface area contributed by atoms with Gasteiger partial charge in [-0.1, -0.05) is 0 Å². The summed E-state index contributed by atoms with van der Waals surface area (Å²) >= 11 is 0. The summed E-state index contributed by atoms with van der Waals surface area (Å²) in [7, 11) is 0. The van der Waals surface area contributed by atoms with Gasteiger partial charge in [0.2, 0.25) is 0 Å². The van der Waals surface area contributed by atoms with E-state index in [-0.39, 0.29) is 30.2 Å². The molecule has 118 valence electrons. The van der Waals surface area contributed by atoms with Gasteiger partial charge in [-0.3, -0.25) is 9.89 Å². The Balaban J connectivity index is 0.00000176. The number of nitrogens with zero attached hydrogens (tertiary/aromatic N) is 2. The Bertz CT molecular complexity index is 635. The second-order valence-electron chi connectivity index (χ2n) is 5.30. The summed E-state index contributed by atoms with van der Waals surface area (Å²) in [5.41, 5.74) is 7.69. The zero-order valence-electron chi connectivity index (χ0n) is 12.0. The number of likely N-dealkylation sites (tertiary alicyclic amines) is 1. The van der Waals surface area contributed by atoms with Gasteiger partial charge in [-0.15, -0.1) is 12.4 Å². The number of H-pyrrole nitrogens is 1. The topological polar surface area (TPSA) is 75.0 Å². The number of halogens is 2. The highest BCUT2D eigenvalue weighted by molar-refractivity contribution is 5.93. The van der Waals surface area contributed by atoms with Gasteiger partial charge in [-0.25, -0.2) is 4.39 Å². The molecular formula is C15H18ClFN4O. The molecule has 7 heteroatoms. The predicted molar refractivity (Wildman–Crippen MR) is 84.3 cm³/mol. The lowest BCUT2D eigenvalue weighted by molar-refractivity contribution is 0.0709. The molecule has 0 spiro atoms. The number of benzene rings is 1. The summed E-state index contributed by atoms with van der Waals surface area (Å²) in [6, 6.07) is 7.91. The van der Waals surface area contributed by atoms with E-state index >= 15 is 0 Å². The molecule has 0 aliphatic carbocycles. The molecule has 1 aromatic heterocycles. The molecule has 3 rings (SSSR count). The molecule has 2 heterocycles. The molecule has 1 aromatic carbocycles. The second-order valence-corrected chi connectivity index (χ2v) is 5.30. The lowest BCUT2D eigenvalue weighted by Gasteiger charge is -2.29. The van der Waals surface area contributed by atoms with Crippen molar-refractivity contribution in [2.75, 3.05) is 13.1 Å². The fourth-order valence-electron chi connectivity index (χ4n) is 2.47. The van der Waals surface area contributed by atoms with E-state index in [1.165, 1.54) is 12.1 Å². The second kappa shape index (κ2) is 6.89. The largest absolute Gasteiger partial charge is 0.337 e. The minimum Gasteiger partial charge on any atom is -0.337 e. The average Bonchev–Trinajstić information content (AvgIpc) is 2.98. The quantitative estimate of drug-likeness (QED) is 0.889. The SMILES string of the molecule is Cl.NC1CCN(C(=O)c2cc(-c3ccc(F)cc3)n[nH]2)CC1. The van der Waals surface area contributed by atoms with E-state index in [2.05, 4.69) is 10.2 Å². The molecule has 1 fully saturated rings. The molecule has 1 amide bonds. The van der Waals surface area contributed by atoms with Crippen LogP contribution < -0.4 is 5.73 Å². The van der Waals surface area contributed by atoms with E-state index in [1.807, 2.05) is 0 Å². The minimum absolute atomic E-state index is 0. The molecule has 1 aliphatic rings. The van der Waals surface area contributed by atoms with Gasteiger partial charge in [0.25, 0.3) is 5.91 Å². The fraction of sp³-hybridized carbons (Fsp3) is 0.333. The summed E-state index contributed by atoms with van der Waals surface area (Å²) in [4.78, 5) is 14.1. The maximum Gasteiger partial charge on any atom is 0.271 e. The van der Waals surface area contributed by atoms with Crippen molar-refractivity contribution in [3.05, 3.63) is 41.8 Å². The first-order valence-corrected chi connectivity index (χ1v) is 6.99. The van der Waals surface area contributed by atoms with Crippen molar-refractivity contribution in [2.45, 2.75) is 18.9 Å². The number of nitrogens with two attached hydrogens (primary N) is 1. The first-order chi connectivity index (χ1) is 10.1. The van der Waals surface area contributed by atoms with Crippen LogP contribution in [0.1, 0.15) is 23.3 Å². The Morgan fingerprint density at radius 1 is 1.27 bits per heavy atom. The highest BCUT2D eigenvalue weighted by atomic mass is 35.5. The standard InChI is InChI=1S/C15H17FN4O.ClH/c16-11-3-1-10(2-4-11)13-9-14(19-18-13)15(21)20-7-5-12(17)6-8-20;/h1-4,9,12H,5-8,17H2,(H,18,19);1H. The Kier molecular flexibility index (Phi) is 5.15. The van der Waals surface area contributed by atoms with E-state index < -0.39 is 0 Å². The molecule has 0 saturated carbocycles. The van der Waals surface area contributed by atoms with Gasteiger partial charge < -0.3 is 10.6 Å². The molecule has 3 N–H and O–H groups in total. The van der Waals surface area contributed by atoms with Crippen molar-refractivity contribution in [1.82, 2.24) is 15.1 Å². The highest BCUT2D eigenvalue weighted by Crippen LogP contribution is 2.19. The maximum absolute atomic E-state index is 12.9. The van der Waals surface area contributed by atoms with E-state index in [0.717, 1.165) is 18.4 Å². The van der Waals surface area contributed by atoms with Gasteiger partial charge in [-0.2, -0.15) is 5.10 Å². The van der Waals surface area contributed by atoms with Gasteiger partial charge in [0.05, 0.1) is 5.69 Å². The lowest BCUT2D eigenvalue weighted by atomic mass is 10.1. The van der Waals surface area contributed by atoms with Gasteiger partial charge in [0.15, 0.2) is 0 Å². The van der Waals surface area contributed by atoms with Crippen LogP contribution in [0.3, 0.4) is 0 Å². The molecule has 1 aliphatic heterocycles. The monoisotopic (exact) mass is 324 g/mol. The summed E-state index contributed by atoms with van der Waals surface area (Å²) < 4.78 is 12.9. The molecule has 0 bridgehead atoms. The predicted octanol–water partition coefficient (Wildman–Crippen LogP) is 2.20. The first kappa shape index (κ1) is 16.5. The summed E-state index contributed by atoms with van der Waals surface area (Å²) in [6.07, 6.45) is 1.65.